The second kappa shape index (κ2) is 8.63. The molecule has 1 aromatic heterocycles. The number of piperidine rings is 1. The maximum absolute atomic E-state index is 12.8. The maximum atomic E-state index is 12.8. The van der Waals surface area contributed by atoms with Crippen molar-refractivity contribution in [1.29, 1.82) is 0 Å². The lowest BCUT2D eigenvalue weighted by Crippen LogP contribution is -2.54. The quantitative estimate of drug-likeness (QED) is 0.614. The van der Waals surface area contributed by atoms with Gasteiger partial charge in [0.25, 0.3) is 11.8 Å². The highest BCUT2D eigenvalue weighted by molar-refractivity contribution is 7.11. The van der Waals surface area contributed by atoms with E-state index in [4.69, 9.17) is 0 Å². The summed E-state index contributed by atoms with van der Waals surface area (Å²) in [4.78, 5) is 33.3. The van der Waals surface area contributed by atoms with E-state index >= 15 is 0 Å². The van der Waals surface area contributed by atoms with Gasteiger partial charge in [0, 0.05) is 43.3 Å². The first-order valence-electron chi connectivity index (χ1n) is 10.8. The number of amides is 2. The molecular formula is C25H25N3O2S. The van der Waals surface area contributed by atoms with Crippen molar-refractivity contribution in [3.63, 3.8) is 0 Å². The summed E-state index contributed by atoms with van der Waals surface area (Å²) in [7, 11) is 0. The number of hydrogen-bond donors (Lipinski definition) is 0. The van der Waals surface area contributed by atoms with Crippen LogP contribution in [0, 0.1) is 11.8 Å². The third-order valence-corrected chi connectivity index (χ3v) is 7.31. The van der Waals surface area contributed by atoms with E-state index in [1.807, 2.05) is 57.6 Å². The average molecular weight is 432 g/mol. The van der Waals surface area contributed by atoms with Crippen LogP contribution < -0.4 is 0 Å². The molecule has 2 saturated heterocycles. The Morgan fingerprint density at radius 1 is 0.806 bits per heavy atom. The maximum Gasteiger partial charge on any atom is 0.282 e. The van der Waals surface area contributed by atoms with Gasteiger partial charge in [-0.15, -0.1) is 11.3 Å². The fourth-order valence-electron chi connectivity index (χ4n) is 4.63. The summed E-state index contributed by atoms with van der Waals surface area (Å²) in [5.74, 6) is 1.31. The van der Waals surface area contributed by atoms with Gasteiger partial charge in [-0.3, -0.25) is 9.59 Å². The third-order valence-electron chi connectivity index (χ3n) is 6.54. The Bertz CT molecular complexity index is 1040. The lowest BCUT2D eigenvalue weighted by molar-refractivity contribution is 0.0228. The van der Waals surface area contributed by atoms with Crippen molar-refractivity contribution in [2.45, 2.75) is 12.8 Å². The summed E-state index contributed by atoms with van der Waals surface area (Å²) >= 11 is 1.40. The van der Waals surface area contributed by atoms with Crippen LogP contribution in [0.4, 0.5) is 0 Å². The molecule has 2 aliphatic heterocycles. The van der Waals surface area contributed by atoms with Gasteiger partial charge in [0.1, 0.15) is 0 Å². The molecule has 0 unspecified atom stereocenters. The molecule has 0 spiro atoms. The van der Waals surface area contributed by atoms with E-state index in [0.717, 1.165) is 55.7 Å². The van der Waals surface area contributed by atoms with E-state index in [1.54, 1.807) is 6.20 Å². The second-order valence-electron chi connectivity index (χ2n) is 8.38. The van der Waals surface area contributed by atoms with Crippen LogP contribution in [-0.4, -0.2) is 52.8 Å². The number of thiazole rings is 1. The Morgan fingerprint density at radius 2 is 1.48 bits per heavy atom. The molecule has 3 aromatic rings. The molecule has 6 heteroatoms. The first kappa shape index (κ1) is 19.9. The molecule has 2 amide bonds. The summed E-state index contributed by atoms with van der Waals surface area (Å²) in [6.45, 7) is 3.22. The molecule has 158 valence electrons. The molecule has 0 saturated carbocycles. The van der Waals surface area contributed by atoms with Crippen LogP contribution in [0.3, 0.4) is 0 Å². The third kappa shape index (κ3) is 4.12. The van der Waals surface area contributed by atoms with Gasteiger partial charge in [-0.25, -0.2) is 4.98 Å². The zero-order valence-corrected chi connectivity index (χ0v) is 18.1. The standard InChI is InChI=1S/C25H25N3O2S/c29-24(21-8-6-19(7-9-21)18-4-2-1-3-5-18)28-16-22(17-28)20-10-13-27(14-11-20)25(30)23-26-12-15-31-23/h1-9,12,15,20,22H,10-11,13-14,16-17H2. The predicted octanol–water partition coefficient (Wildman–Crippen LogP) is 4.43. The summed E-state index contributed by atoms with van der Waals surface area (Å²) in [5, 5.41) is 2.42. The van der Waals surface area contributed by atoms with E-state index < -0.39 is 0 Å². The van der Waals surface area contributed by atoms with Crippen molar-refractivity contribution in [2.75, 3.05) is 26.2 Å². The van der Waals surface area contributed by atoms with E-state index in [2.05, 4.69) is 17.1 Å². The number of likely N-dealkylation sites (tertiary alicyclic amines) is 2. The highest BCUT2D eigenvalue weighted by Gasteiger charge is 2.38. The average Bonchev–Trinajstić information content (AvgIpc) is 3.34. The Labute approximate surface area is 186 Å². The van der Waals surface area contributed by atoms with Gasteiger partial charge in [-0.05, 0) is 47.9 Å². The zero-order chi connectivity index (χ0) is 21.2. The monoisotopic (exact) mass is 431 g/mol. The number of nitrogens with zero attached hydrogens (tertiary/aromatic N) is 3. The molecule has 0 N–H and O–H groups in total. The largest absolute Gasteiger partial charge is 0.338 e. The summed E-state index contributed by atoms with van der Waals surface area (Å²) < 4.78 is 0. The minimum absolute atomic E-state index is 0.0535. The fourth-order valence-corrected chi connectivity index (χ4v) is 5.24. The second-order valence-corrected chi connectivity index (χ2v) is 9.28. The van der Waals surface area contributed by atoms with Gasteiger partial charge in [-0.1, -0.05) is 42.5 Å². The van der Waals surface area contributed by atoms with Gasteiger partial charge in [-0.2, -0.15) is 0 Å². The molecule has 0 atom stereocenters. The van der Waals surface area contributed by atoms with Crippen molar-refractivity contribution in [3.05, 3.63) is 76.7 Å². The van der Waals surface area contributed by atoms with Crippen molar-refractivity contribution in [2.24, 2.45) is 11.8 Å². The van der Waals surface area contributed by atoms with E-state index in [1.165, 1.54) is 11.3 Å². The molecule has 2 aliphatic rings. The lowest BCUT2D eigenvalue weighted by atomic mass is 9.79. The van der Waals surface area contributed by atoms with Crippen LogP contribution in [-0.2, 0) is 0 Å². The Kier molecular flexibility index (Phi) is 5.55. The van der Waals surface area contributed by atoms with E-state index in [0.29, 0.717) is 16.8 Å². The van der Waals surface area contributed by atoms with Crippen LogP contribution in [0.25, 0.3) is 11.1 Å². The highest BCUT2D eigenvalue weighted by Crippen LogP contribution is 2.33. The van der Waals surface area contributed by atoms with E-state index in [-0.39, 0.29) is 11.8 Å². The van der Waals surface area contributed by atoms with Crippen LogP contribution in [0.15, 0.2) is 66.2 Å². The van der Waals surface area contributed by atoms with Gasteiger partial charge in [0.2, 0.25) is 0 Å². The Balaban J connectivity index is 1.12. The molecule has 0 radical (unpaired) electrons. The molecule has 0 bridgehead atoms. The van der Waals surface area contributed by atoms with Crippen molar-refractivity contribution in [3.8, 4) is 11.1 Å². The highest BCUT2D eigenvalue weighted by atomic mass is 32.1. The molecule has 2 aromatic carbocycles. The van der Waals surface area contributed by atoms with Gasteiger partial charge < -0.3 is 9.80 Å². The Morgan fingerprint density at radius 3 is 2.13 bits per heavy atom. The minimum atomic E-state index is 0.0535. The predicted molar refractivity (Wildman–Crippen MR) is 122 cm³/mol. The van der Waals surface area contributed by atoms with Crippen LogP contribution >= 0.6 is 11.3 Å². The van der Waals surface area contributed by atoms with Crippen LogP contribution in [0.2, 0.25) is 0 Å². The molecule has 3 heterocycles. The van der Waals surface area contributed by atoms with Gasteiger partial charge in [0.15, 0.2) is 5.01 Å². The smallest absolute Gasteiger partial charge is 0.282 e. The number of benzene rings is 2. The fraction of sp³-hybridized carbons (Fsp3) is 0.320. The molecule has 5 rings (SSSR count). The van der Waals surface area contributed by atoms with Crippen LogP contribution in [0.5, 0.6) is 0 Å². The minimum Gasteiger partial charge on any atom is -0.338 e. The summed E-state index contributed by atoms with van der Waals surface area (Å²) in [5.41, 5.74) is 3.03. The lowest BCUT2D eigenvalue weighted by Gasteiger charge is -2.46. The normalized spacial score (nSPS) is 17.4. The van der Waals surface area contributed by atoms with Crippen LogP contribution in [0.1, 0.15) is 33.0 Å². The van der Waals surface area contributed by atoms with Crippen molar-refractivity contribution >= 4 is 23.2 Å². The number of carbonyl (C=O) groups is 2. The first-order chi connectivity index (χ1) is 15.2. The number of carbonyl (C=O) groups excluding carboxylic acids is 2. The summed E-state index contributed by atoms with van der Waals surface area (Å²) in [6.07, 6.45) is 3.70. The Hall–Kier alpha value is -2.99. The van der Waals surface area contributed by atoms with E-state index in [9.17, 15) is 9.59 Å². The molecule has 31 heavy (non-hydrogen) atoms. The van der Waals surface area contributed by atoms with Gasteiger partial charge >= 0.3 is 0 Å². The summed E-state index contributed by atoms with van der Waals surface area (Å²) in [6, 6.07) is 18.1. The van der Waals surface area contributed by atoms with Crippen molar-refractivity contribution < 1.29 is 9.59 Å². The number of hydrogen-bond acceptors (Lipinski definition) is 4. The topological polar surface area (TPSA) is 53.5 Å². The SMILES string of the molecule is O=C(c1ccc(-c2ccccc2)cc1)N1CC(C2CCN(C(=O)c3nccs3)CC2)C1. The molecule has 0 aliphatic carbocycles. The van der Waals surface area contributed by atoms with Gasteiger partial charge in [0.05, 0.1) is 0 Å². The van der Waals surface area contributed by atoms with Crippen molar-refractivity contribution in [1.82, 2.24) is 14.8 Å². The zero-order valence-electron chi connectivity index (χ0n) is 17.3. The number of rotatable bonds is 4. The first-order valence-corrected chi connectivity index (χ1v) is 11.7. The number of aromatic nitrogens is 1. The molecule has 2 fully saturated rings. The molecular weight excluding hydrogens is 406 g/mol. The molecule has 5 nitrogen and oxygen atoms in total.